The topological polar surface area (TPSA) is 92.4 Å². The van der Waals surface area contributed by atoms with E-state index in [1.165, 1.54) is 23.9 Å². The minimum Gasteiger partial charge on any atom is -0.486 e. The zero-order chi connectivity index (χ0) is 35.7. The van der Waals surface area contributed by atoms with E-state index in [2.05, 4.69) is 10.0 Å². The summed E-state index contributed by atoms with van der Waals surface area (Å²) in [5, 5.41) is 3.00. The molecular formula is C41H34N4O5S2. The van der Waals surface area contributed by atoms with Gasteiger partial charge in [0.2, 0.25) is 0 Å². The molecule has 9 nitrogen and oxygen atoms in total. The Bertz CT molecular complexity index is 2140. The maximum absolute atomic E-state index is 13.4. The second kappa shape index (κ2) is 16.3. The van der Waals surface area contributed by atoms with Gasteiger partial charge in [-0.05, 0) is 115 Å². The van der Waals surface area contributed by atoms with Crippen molar-refractivity contribution in [1.29, 1.82) is 0 Å². The first-order chi connectivity index (χ1) is 25.5. The van der Waals surface area contributed by atoms with Crippen LogP contribution in [0.15, 0.2) is 161 Å². The molecule has 7 rings (SSSR count). The molecule has 0 atom stereocenters. The summed E-state index contributed by atoms with van der Waals surface area (Å²) in [6.07, 6.45) is 0. The molecule has 6 aromatic carbocycles. The van der Waals surface area contributed by atoms with E-state index in [0.29, 0.717) is 35.8 Å². The number of hydrogen-bond acceptors (Lipinski definition) is 9. The fourth-order valence-corrected chi connectivity index (χ4v) is 6.69. The van der Waals surface area contributed by atoms with Gasteiger partial charge in [0, 0.05) is 51.3 Å². The molecule has 0 bridgehead atoms. The molecule has 0 spiro atoms. The molecule has 2 N–H and O–H groups in total. The first-order valence-corrected chi connectivity index (χ1v) is 18.1. The van der Waals surface area contributed by atoms with Crippen LogP contribution in [0, 0.1) is 0 Å². The molecule has 52 heavy (non-hydrogen) atoms. The van der Waals surface area contributed by atoms with Crippen LogP contribution in [-0.2, 0) is 0 Å². The third kappa shape index (κ3) is 8.45. The maximum Gasteiger partial charge on any atom is 0.258 e. The highest BCUT2D eigenvalue weighted by Crippen LogP contribution is 2.36. The molecule has 0 saturated carbocycles. The molecular weight excluding hydrogens is 693 g/mol. The van der Waals surface area contributed by atoms with E-state index in [1.54, 1.807) is 52.8 Å². The fraction of sp³-hybridized carbons (Fsp3) is 0.0732. The maximum atomic E-state index is 13.4. The van der Waals surface area contributed by atoms with E-state index in [-0.39, 0.29) is 11.8 Å². The van der Waals surface area contributed by atoms with Gasteiger partial charge < -0.3 is 29.3 Å². The molecule has 260 valence electrons. The zero-order valence-corrected chi connectivity index (χ0v) is 29.7. The van der Waals surface area contributed by atoms with Gasteiger partial charge in [-0.15, -0.1) is 4.47 Å². The van der Waals surface area contributed by atoms with Crippen LogP contribution in [0.3, 0.4) is 0 Å². The molecule has 6 aromatic rings. The largest absolute Gasteiger partial charge is 0.486 e. The van der Waals surface area contributed by atoms with Crippen molar-refractivity contribution in [2.24, 2.45) is 0 Å². The first kappa shape index (κ1) is 34.4. The monoisotopic (exact) mass is 726 g/mol. The number of carbonyl (C=O) groups is 2. The molecule has 2 amide bonds. The third-order valence-corrected chi connectivity index (χ3v) is 9.73. The van der Waals surface area contributed by atoms with Gasteiger partial charge in [-0.25, -0.2) is 0 Å². The lowest BCUT2D eigenvalue weighted by Gasteiger charge is -2.24. The molecule has 1 aliphatic heterocycles. The molecule has 0 fully saturated rings. The van der Waals surface area contributed by atoms with Gasteiger partial charge in [0.05, 0.1) is 11.4 Å². The van der Waals surface area contributed by atoms with Crippen LogP contribution in [0.1, 0.15) is 20.7 Å². The van der Waals surface area contributed by atoms with Gasteiger partial charge in [-0.1, -0.05) is 48.5 Å². The van der Waals surface area contributed by atoms with Crippen molar-refractivity contribution >= 4 is 58.5 Å². The van der Waals surface area contributed by atoms with Crippen LogP contribution >= 0.6 is 23.9 Å². The zero-order valence-electron chi connectivity index (χ0n) is 28.1. The Hall–Kier alpha value is -6.04. The number of benzene rings is 6. The van der Waals surface area contributed by atoms with E-state index >= 15 is 0 Å². The fourth-order valence-electron chi connectivity index (χ4n) is 5.22. The molecule has 11 heteroatoms. The second-order valence-corrected chi connectivity index (χ2v) is 13.4. The summed E-state index contributed by atoms with van der Waals surface area (Å²) >= 11 is 2.79. The van der Waals surface area contributed by atoms with Crippen LogP contribution in [0.4, 0.5) is 22.7 Å². The third-order valence-electron chi connectivity index (χ3n) is 7.97. The number of anilines is 4. The van der Waals surface area contributed by atoms with Gasteiger partial charge in [-0.2, -0.15) is 0 Å². The molecule has 0 unspecified atom stereocenters. The van der Waals surface area contributed by atoms with Crippen molar-refractivity contribution in [1.82, 2.24) is 0 Å². The highest BCUT2D eigenvalue weighted by atomic mass is 32.2. The first-order valence-electron chi connectivity index (χ1n) is 16.5. The molecule has 1 aliphatic rings. The van der Waals surface area contributed by atoms with Crippen LogP contribution < -0.4 is 33.7 Å². The van der Waals surface area contributed by atoms with E-state index in [4.69, 9.17) is 14.3 Å². The Morgan fingerprint density at radius 3 is 2.00 bits per heavy atom. The Morgan fingerprint density at radius 1 is 0.654 bits per heavy atom. The normalized spacial score (nSPS) is 11.6. The van der Waals surface area contributed by atoms with Crippen LogP contribution in [0.25, 0.3) is 0 Å². The minimum absolute atomic E-state index is 0.107. The number of amides is 2. The van der Waals surface area contributed by atoms with E-state index in [0.717, 1.165) is 38.4 Å². The highest BCUT2D eigenvalue weighted by molar-refractivity contribution is 8.00. The van der Waals surface area contributed by atoms with Crippen LogP contribution in [0.2, 0.25) is 0 Å². The van der Waals surface area contributed by atoms with Gasteiger partial charge in [0.15, 0.2) is 17.2 Å². The van der Waals surface area contributed by atoms with Crippen molar-refractivity contribution < 1.29 is 23.9 Å². The average Bonchev–Trinajstić information content (AvgIpc) is 3.21. The van der Waals surface area contributed by atoms with Crippen molar-refractivity contribution in [3.63, 3.8) is 0 Å². The number of nitrogens with one attached hydrogen (secondary N) is 2. The molecule has 0 aliphatic carbocycles. The summed E-state index contributed by atoms with van der Waals surface area (Å²) in [7, 11) is 1.76. The molecule has 0 radical (unpaired) electrons. The lowest BCUT2D eigenvalue weighted by molar-refractivity contribution is 0.0991. The summed E-state index contributed by atoms with van der Waals surface area (Å²) in [4.78, 5) is 36.4. The van der Waals surface area contributed by atoms with E-state index in [9.17, 15) is 9.59 Å². The predicted octanol–water partition coefficient (Wildman–Crippen LogP) is 9.61. The second-order valence-electron chi connectivity index (χ2n) is 11.5. The number of hydrogen-bond donors (Lipinski definition) is 2. The summed E-state index contributed by atoms with van der Waals surface area (Å²) in [6, 6.07) is 46.9. The van der Waals surface area contributed by atoms with Crippen molar-refractivity contribution in [2.75, 3.05) is 39.7 Å². The summed E-state index contributed by atoms with van der Waals surface area (Å²) < 4.78 is 16.3. The van der Waals surface area contributed by atoms with Gasteiger partial charge in [-0.3, -0.25) is 9.59 Å². The number of ether oxygens (including phenoxy) is 2. The van der Waals surface area contributed by atoms with Crippen LogP contribution in [0.5, 0.6) is 17.2 Å². The smallest absolute Gasteiger partial charge is 0.258 e. The minimum atomic E-state index is -0.276. The Balaban J connectivity index is 1.01. The number of fused-ring (bicyclic) bond motifs is 1. The number of carbonyl (C=O) groups excluding carboxylic acids is 2. The van der Waals surface area contributed by atoms with Gasteiger partial charge >= 0.3 is 0 Å². The Morgan fingerprint density at radius 2 is 1.27 bits per heavy atom. The SMILES string of the molecule is CN(C(=O)c1ccc(SN(Oc2ccccc2NC(=O)c2ccc(NSc3ccc4c(c3)OCCO4)cc2)c2ccccc2)cc1)c1ccccc1. The van der Waals surface area contributed by atoms with Crippen molar-refractivity contribution in [3.05, 3.63) is 163 Å². The quantitative estimate of drug-likeness (QED) is 0.0945. The summed E-state index contributed by atoms with van der Waals surface area (Å²) in [6.45, 7) is 1.09. The van der Waals surface area contributed by atoms with Gasteiger partial charge in [0.25, 0.3) is 11.8 Å². The molecule has 0 saturated heterocycles. The van der Waals surface area contributed by atoms with Crippen molar-refractivity contribution in [3.8, 4) is 17.2 Å². The standard InChI is InChI=1S/C41H34N4O5S2/c1-44(32-10-4-2-5-11-32)41(47)30-18-22-34(23-19-30)52-45(33-12-6-3-7-13-33)50-37-15-9-8-14-36(37)42-40(46)29-16-20-31(21-17-29)43-51-35-24-25-38-39(28-35)49-27-26-48-38/h2-25,28,43H,26-27H2,1H3,(H,42,46). The number of nitrogens with zero attached hydrogens (tertiary/aromatic N) is 2. The summed E-state index contributed by atoms with van der Waals surface area (Å²) in [5.74, 6) is 1.55. The highest BCUT2D eigenvalue weighted by Gasteiger charge is 2.18. The van der Waals surface area contributed by atoms with Crippen LogP contribution in [-0.4, -0.2) is 32.1 Å². The van der Waals surface area contributed by atoms with E-state index in [1.807, 2.05) is 115 Å². The van der Waals surface area contributed by atoms with E-state index < -0.39 is 0 Å². The Labute approximate surface area is 310 Å². The number of rotatable bonds is 12. The lowest BCUT2D eigenvalue weighted by atomic mass is 10.2. The average molecular weight is 727 g/mol. The predicted molar refractivity (Wildman–Crippen MR) is 209 cm³/mol. The summed E-state index contributed by atoms with van der Waals surface area (Å²) in [5.41, 5.74) is 4.02. The van der Waals surface area contributed by atoms with Crippen molar-refractivity contribution in [2.45, 2.75) is 9.79 Å². The Kier molecular flexibility index (Phi) is 10.8. The number of para-hydroxylation sites is 4. The molecule has 1 heterocycles. The molecule has 0 aromatic heterocycles. The lowest BCUT2D eigenvalue weighted by Crippen LogP contribution is -2.26. The van der Waals surface area contributed by atoms with Gasteiger partial charge in [0.1, 0.15) is 13.2 Å².